The first kappa shape index (κ1) is 22.3. The normalized spacial score (nSPS) is 11.8. The second kappa shape index (κ2) is 9.47. The number of nitro benzene ring substituents is 1. The van der Waals surface area contributed by atoms with E-state index in [1.54, 1.807) is 33.0 Å². The van der Waals surface area contributed by atoms with Gasteiger partial charge in [-0.15, -0.1) is 0 Å². The maximum atomic E-state index is 13.4. The quantitative estimate of drug-likeness (QED) is 0.543. The van der Waals surface area contributed by atoms with Crippen molar-refractivity contribution in [2.75, 3.05) is 7.05 Å². The minimum Gasteiger partial charge on any atom is -0.340 e. The van der Waals surface area contributed by atoms with Crippen LogP contribution in [0.4, 0.5) is 10.1 Å². The fourth-order valence-electron chi connectivity index (χ4n) is 2.76. The summed E-state index contributed by atoms with van der Waals surface area (Å²) in [6, 6.07) is 8.71. The van der Waals surface area contributed by atoms with Crippen molar-refractivity contribution < 1.29 is 18.9 Å². The summed E-state index contributed by atoms with van der Waals surface area (Å²) in [6.07, 6.45) is 0. The van der Waals surface area contributed by atoms with Gasteiger partial charge in [0, 0.05) is 25.2 Å². The van der Waals surface area contributed by atoms with Crippen LogP contribution in [0, 0.1) is 21.8 Å². The zero-order valence-electron chi connectivity index (χ0n) is 16.2. The number of nitrogens with zero attached hydrogens (tertiary/aromatic N) is 2. The lowest BCUT2D eigenvalue weighted by Crippen LogP contribution is -2.50. The van der Waals surface area contributed by atoms with Gasteiger partial charge < -0.3 is 10.2 Å². The largest absolute Gasteiger partial charge is 0.340 e. The Balaban J connectivity index is 2.16. The van der Waals surface area contributed by atoms with E-state index < -0.39 is 28.4 Å². The van der Waals surface area contributed by atoms with Crippen molar-refractivity contribution in [3.05, 3.63) is 74.5 Å². The lowest BCUT2D eigenvalue weighted by atomic mass is 10.0. The van der Waals surface area contributed by atoms with Crippen LogP contribution in [0.25, 0.3) is 0 Å². The number of nitro groups is 1. The van der Waals surface area contributed by atoms with Gasteiger partial charge in [-0.05, 0) is 35.7 Å². The summed E-state index contributed by atoms with van der Waals surface area (Å²) in [5.41, 5.74) is 0.241. The number of hydrogen-bond acceptors (Lipinski definition) is 4. The predicted octanol–water partition coefficient (Wildman–Crippen LogP) is 3.80. The molecule has 2 aromatic rings. The smallest absolute Gasteiger partial charge is 0.288 e. The van der Waals surface area contributed by atoms with Gasteiger partial charge in [-0.1, -0.05) is 37.6 Å². The third-order valence-electron chi connectivity index (χ3n) is 4.31. The first-order valence-electron chi connectivity index (χ1n) is 8.84. The molecule has 0 saturated heterocycles. The molecule has 9 heteroatoms. The summed E-state index contributed by atoms with van der Waals surface area (Å²) >= 11 is 5.77. The average Bonchev–Trinajstić information content (AvgIpc) is 2.65. The molecule has 29 heavy (non-hydrogen) atoms. The number of benzene rings is 2. The monoisotopic (exact) mass is 421 g/mol. The van der Waals surface area contributed by atoms with Crippen molar-refractivity contribution in [3.63, 3.8) is 0 Å². The maximum absolute atomic E-state index is 13.4. The van der Waals surface area contributed by atoms with Crippen molar-refractivity contribution in [3.8, 4) is 0 Å². The third kappa shape index (κ3) is 5.74. The summed E-state index contributed by atoms with van der Waals surface area (Å²) in [6.45, 7) is 3.70. The fraction of sp³-hybridized carbons (Fsp3) is 0.300. The zero-order chi connectivity index (χ0) is 21.7. The number of nitrogens with one attached hydrogen (secondary N) is 1. The molecule has 0 heterocycles. The second-order valence-corrected chi connectivity index (χ2v) is 7.35. The van der Waals surface area contributed by atoms with E-state index in [0.29, 0.717) is 5.56 Å². The Kier molecular flexibility index (Phi) is 7.28. The van der Waals surface area contributed by atoms with Gasteiger partial charge in [-0.3, -0.25) is 19.7 Å². The number of likely N-dealkylation sites (N-methyl/N-ethyl adjacent to an activating group) is 1. The van der Waals surface area contributed by atoms with E-state index in [1.165, 1.54) is 29.2 Å². The molecule has 0 bridgehead atoms. The number of carbonyl (C=O) groups is 2. The number of carbonyl (C=O) groups excluding carboxylic acids is 2. The molecule has 2 aromatic carbocycles. The Bertz CT molecular complexity index is 936. The topological polar surface area (TPSA) is 92.5 Å². The van der Waals surface area contributed by atoms with E-state index in [1.807, 2.05) is 0 Å². The lowest BCUT2D eigenvalue weighted by Gasteiger charge is -2.27. The highest BCUT2D eigenvalue weighted by Gasteiger charge is 2.28. The first-order valence-corrected chi connectivity index (χ1v) is 9.22. The average molecular weight is 422 g/mol. The van der Waals surface area contributed by atoms with Crippen LogP contribution in [-0.2, 0) is 11.3 Å². The predicted molar refractivity (Wildman–Crippen MR) is 107 cm³/mol. The van der Waals surface area contributed by atoms with Gasteiger partial charge in [0.25, 0.3) is 11.6 Å². The van der Waals surface area contributed by atoms with Crippen molar-refractivity contribution in [2.45, 2.75) is 26.4 Å². The van der Waals surface area contributed by atoms with Crippen LogP contribution in [0.5, 0.6) is 0 Å². The molecule has 0 fully saturated rings. The molecule has 2 amide bonds. The summed E-state index contributed by atoms with van der Waals surface area (Å²) in [5.74, 6) is -1.64. The lowest BCUT2D eigenvalue weighted by molar-refractivity contribution is -0.384. The molecular weight excluding hydrogens is 401 g/mol. The molecular formula is C20H21ClFN3O4. The molecule has 0 radical (unpaired) electrons. The van der Waals surface area contributed by atoms with E-state index >= 15 is 0 Å². The third-order valence-corrected chi connectivity index (χ3v) is 4.63. The molecule has 0 aliphatic heterocycles. The Morgan fingerprint density at radius 3 is 2.52 bits per heavy atom. The Hall–Kier alpha value is -3.00. The Morgan fingerprint density at radius 1 is 1.24 bits per heavy atom. The Labute approximate surface area is 172 Å². The van der Waals surface area contributed by atoms with E-state index in [4.69, 9.17) is 11.6 Å². The molecule has 1 unspecified atom stereocenters. The van der Waals surface area contributed by atoms with Gasteiger partial charge in [0.1, 0.15) is 16.9 Å². The summed E-state index contributed by atoms with van der Waals surface area (Å²) < 4.78 is 13.4. The molecule has 1 N–H and O–H groups in total. The van der Waals surface area contributed by atoms with E-state index in [9.17, 15) is 24.1 Å². The number of hydrogen-bond donors (Lipinski definition) is 1. The fourth-order valence-corrected chi connectivity index (χ4v) is 2.94. The van der Waals surface area contributed by atoms with Crippen LogP contribution < -0.4 is 5.32 Å². The first-order chi connectivity index (χ1) is 13.6. The van der Waals surface area contributed by atoms with Crippen LogP contribution in [0.15, 0.2) is 42.5 Å². The van der Waals surface area contributed by atoms with Gasteiger partial charge in [-0.25, -0.2) is 4.39 Å². The van der Waals surface area contributed by atoms with Crippen LogP contribution in [-0.4, -0.2) is 34.7 Å². The van der Waals surface area contributed by atoms with E-state index in [0.717, 1.165) is 6.07 Å². The second-order valence-electron chi connectivity index (χ2n) is 6.94. The molecule has 0 aliphatic carbocycles. The van der Waals surface area contributed by atoms with E-state index in [2.05, 4.69) is 5.32 Å². The van der Waals surface area contributed by atoms with Crippen LogP contribution in [0.1, 0.15) is 29.8 Å². The molecule has 1 atom stereocenters. The minimum absolute atomic E-state index is 0.0207. The Morgan fingerprint density at radius 2 is 1.93 bits per heavy atom. The van der Waals surface area contributed by atoms with Crippen LogP contribution in [0.3, 0.4) is 0 Å². The van der Waals surface area contributed by atoms with Gasteiger partial charge in [-0.2, -0.15) is 0 Å². The van der Waals surface area contributed by atoms with Crippen molar-refractivity contribution in [2.24, 2.45) is 5.92 Å². The highest BCUT2D eigenvalue weighted by Crippen LogP contribution is 2.25. The summed E-state index contributed by atoms with van der Waals surface area (Å²) in [5, 5.41) is 13.6. The minimum atomic E-state index is -0.865. The van der Waals surface area contributed by atoms with Crippen LogP contribution >= 0.6 is 11.6 Å². The molecule has 0 aliphatic rings. The van der Waals surface area contributed by atoms with Crippen molar-refractivity contribution >= 4 is 29.1 Å². The van der Waals surface area contributed by atoms with Crippen molar-refractivity contribution in [1.29, 1.82) is 0 Å². The number of amides is 2. The van der Waals surface area contributed by atoms with Crippen molar-refractivity contribution in [1.82, 2.24) is 10.2 Å². The van der Waals surface area contributed by atoms with Gasteiger partial charge in [0.05, 0.1) is 4.92 Å². The molecule has 2 rings (SSSR count). The van der Waals surface area contributed by atoms with Gasteiger partial charge in [0.2, 0.25) is 5.91 Å². The number of rotatable bonds is 7. The standard InChI is InChI=1S/C20H21ClFN3O4/c1-12(2)18(20(27)24(3)11-13-5-4-6-15(22)9-13)23-19(26)14-7-8-16(21)17(10-14)25(28)29/h4-10,12,18H,11H2,1-3H3,(H,23,26). The van der Waals surface area contributed by atoms with Crippen LogP contribution in [0.2, 0.25) is 5.02 Å². The summed E-state index contributed by atoms with van der Waals surface area (Å²) in [7, 11) is 1.56. The van der Waals surface area contributed by atoms with E-state index in [-0.39, 0.29) is 29.0 Å². The molecule has 154 valence electrons. The maximum Gasteiger partial charge on any atom is 0.288 e. The highest BCUT2D eigenvalue weighted by molar-refractivity contribution is 6.32. The molecule has 0 spiro atoms. The molecule has 0 saturated carbocycles. The van der Waals surface area contributed by atoms with Gasteiger partial charge >= 0.3 is 0 Å². The molecule has 7 nitrogen and oxygen atoms in total. The summed E-state index contributed by atoms with van der Waals surface area (Å²) in [4.78, 5) is 37.2. The highest BCUT2D eigenvalue weighted by atomic mass is 35.5. The molecule has 0 aromatic heterocycles. The number of halogens is 2. The van der Waals surface area contributed by atoms with Gasteiger partial charge in [0.15, 0.2) is 0 Å². The zero-order valence-corrected chi connectivity index (χ0v) is 16.9. The SMILES string of the molecule is CC(C)C(NC(=O)c1ccc(Cl)c([N+](=O)[O-])c1)C(=O)N(C)Cc1cccc(F)c1.